The Hall–Kier alpha value is -1.43. The third-order valence-corrected chi connectivity index (χ3v) is 3.22. The molecule has 2 aromatic rings. The van der Waals surface area contributed by atoms with Gasteiger partial charge < -0.3 is 14.6 Å². The van der Waals surface area contributed by atoms with Crippen molar-refractivity contribution in [3.05, 3.63) is 46.6 Å². The highest BCUT2D eigenvalue weighted by Gasteiger charge is 2.09. The lowest BCUT2D eigenvalue weighted by Gasteiger charge is -2.12. The Labute approximate surface area is 123 Å². The third kappa shape index (κ3) is 4.30. The number of ether oxygens (including phenoxy) is 1. The molecule has 0 aliphatic rings. The van der Waals surface area contributed by atoms with Crippen LogP contribution in [-0.4, -0.2) is 23.9 Å². The van der Waals surface area contributed by atoms with Gasteiger partial charge >= 0.3 is 0 Å². The first-order valence-electron chi connectivity index (χ1n) is 6.48. The van der Waals surface area contributed by atoms with Gasteiger partial charge in [-0.15, -0.1) is 0 Å². The highest BCUT2D eigenvalue weighted by molar-refractivity contribution is 6.30. The molecule has 6 heteroatoms. The molecular formula is C14H18ClN3O2. The van der Waals surface area contributed by atoms with Crippen molar-refractivity contribution in [2.45, 2.75) is 25.9 Å². The van der Waals surface area contributed by atoms with Crippen molar-refractivity contribution in [3.8, 4) is 0 Å². The molecule has 0 radical (unpaired) electrons. The molecule has 108 valence electrons. The molecule has 0 fully saturated rings. The van der Waals surface area contributed by atoms with Crippen LogP contribution in [0.25, 0.3) is 0 Å². The summed E-state index contributed by atoms with van der Waals surface area (Å²) >= 11 is 5.87. The molecular weight excluding hydrogens is 278 g/mol. The van der Waals surface area contributed by atoms with E-state index in [0.717, 1.165) is 10.6 Å². The summed E-state index contributed by atoms with van der Waals surface area (Å²) in [6.45, 7) is 3.20. The molecule has 0 unspecified atom stereocenters. The molecule has 2 rings (SSSR count). The summed E-state index contributed by atoms with van der Waals surface area (Å²) in [7, 11) is 1.65. The maximum absolute atomic E-state index is 5.87. The molecule has 0 amide bonds. The smallest absolute Gasteiger partial charge is 0.240 e. The molecule has 0 aliphatic heterocycles. The average Bonchev–Trinajstić information content (AvgIpc) is 2.91. The number of hydrogen-bond acceptors (Lipinski definition) is 5. The highest BCUT2D eigenvalue weighted by Crippen LogP contribution is 2.16. The first-order valence-corrected chi connectivity index (χ1v) is 6.86. The van der Waals surface area contributed by atoms with Gasteiger partial charge in [0.05, 0.1) is 13.2 Å². The Morgan fingerprint density at radius 2 is 2.10 bits per heavy atom. The molecule has 5 nitrogen and oxygen atoms in total. The Balaban J connectivity index is 1.85. The zero-order valence-electron chi connectivity index (χ0n) is 11.6. The van der Waals surface area contributed by atoms with Gasteiger partial charge in [-0.2, -0.15) is 4.98 Å². The number of hydrogen-bond donors (Lipinski definition) is 1. The molecule has 0 saturated heterocycles. The highest BCUT2D eigenvalue weighted by atomic mass is 35.5. The molecule has 0 bridgehead atoms. The van der Waals surface area contributed by atoms with Crippen LogP contribution in [0.4, 0.5) is 0 Å². The van der Waals surface area contributed by atoms with Crippen LogP contribution in [0.1, 0.15) is 30.2 Å². The normalized spacial score (nSPS) is 12.6. The van der Waals surface area contributed by atoms with Gasteiger partial charge in [0.15, 0.2) is 5.82 Å². The van der Waals surface area contributed by atoms with Crippen LogP contribution in [0.15, 0.2) is 28.8 Å². The van der Waals surface area contributed by atoms with Crippen molar-refractivity contribution >= 4 is 11.6 Å². The lowest BCUT2D eigenvalue weighted by molar-refractivity contribution is 0.199. The summed E-state index contributed by atoms with van der Waals surface area (Å²) in [5.74, 6) is 1.25. The number of nitrogens with one attached hydrogen (secondary N) is 1. The molecule has 1 atom stereocenters. The Morgan fingerprint density at radius 3 is 2.80 bits per heavy atom. The summed E-state index contributed by atoms with van der Waals surface area (Å²) in [6, 6.07) is 7.94. The lowest BCUT2D eigenvalue weighted by atomic mass is 10.1. The maximum atomic E-state index is 5.87. The Kier molecular flexibility index (Phi) is 5.52. The third-order valence-electron chi connectivity index (χ3n) is 2.97. The molecule has 0 saturated carbocycles. The first-order chi connectivity index (χ1) is 9.69. The van der Waals surface area contributed by atoms with E-state index in [-0.39, 0.29) is 6.04 Å². The van der Waals surface area contributed by atoms with Crippen LogP contribution < -0.4 is 5.32 Å². The molecule has 1 heterocycles. The SMILES string of the molecule is COCCc1noc(CN[C@H](C)c2ccc(Cl)cc2)n1. The number of methoxy groups -OCH3 is 1. The second-order valence-corrected chi connectivity index (χ2v) is 4.94. The van der Waals surface area contributed by atoms with E-state index in [1.807, 2.05) is 24.3 Å². The largest absolute Gasteiger partial charge is 0.384 e. The van der Waals surface area contributed by atoms with Gasteiger partial charge in [0.2, 0.25) is 5.89 Å². The average molecular weight is 296 g/mol. The minimum absolute atomic E-state index is 0.182. The predicted molar refractivity (Wildman–Crippen MR) is 76.6 cm³/mol. The van der Waals surface area contributed by atoms with E-state index in [4.69, 9.17) is 20.9 Å². The van der Waals surface area contributed by atoms with Crippen molar-refractivity contribution in [1.29, 1.82) is 0 Å². The Morgan fingerprint density at radius 1 is 1.35 bits per heavy atom. The maximum Gasteiger partial charge on any atom is 0.240 e. The van der Waals surface area contributed by atoms with Crippen molar-refractivity contribution in [1.82, 2.24) is 15.5 Å². The van der Waals surface area contributed by atoms with Gasteiger partial charge in [-0.25, -0.2) is 0 Å². The van der Waals surface area contributed by atoms with Crippen LogP contribution >= 0.6 is 11.6 Å². The summed E-state index contributed by atoms with van der Waals surface area (Å²) in [5.41, 5.74) is 1.16. The number of halogens is 1. The standard InChI is InChI=1S/C14H18ClN3O2/c1-10(11-3-5-12(15)6-4-11)16-9-14-17-13(18-20-14)7-8-19-2/h3-6,10,16H,7-9H2,1-2H3/t10-/m1/s1. The van der Waals surface area contributed by atoms with Gasteiger partial charge in [0.25, 0.3) is 0 Å². The topological polar surface area (TPSA) is 60.2 Å². The number of aromatic nitrogens is 2. The van der Waals surface area contributed by atoms with Crippen LogP contribution in [0.3, 0.4) is 0 Å². The minimum Gasteiger partial charge on any atom is -0.384 e. The van der Waals surface area contributed by atoms with Crippen molar-refractivity contribution in [3.63, 3.8) is 0 Å². The quantitative estimate of drug-likeness (QED) is 0.851. The van der Waals surface area contributed by atoms with E-state index in [2.05, 4.69) is 22.4 Å². The second-order valence-electron chi connectivity index (χ2n) is 4.50. The fourth-order valence-corrected chi connectivity index (χ4v) is 1.89. The number of rotatable bonds is 7. The van der Waals surface area contributed by atoms with Crippen LogP contribution in [-0.2, 0) is 17.7 Å². The van der Waals surface area contributed by atoms with Crippen LogP contribution in [0.2, 0.25) is 5.02 Å². The van der Waals surface area contributed by atoms with Crippen LogP contribution in [0.5, 0.6) is 0 Å². The molecule has 0 spiro atoms. The minimum atomic E-state index is 0.182. The zero-order valence-corrected chi connectivity index (χ0v) is 12.4. The van der Waals surface area contributed by atoms with Gasteiger partial charge in [-0.05, 0) is 24.6 Å². The van der Waals surface area contributed by atoms with E-state index in [1.54, 1.807) is 7.11 Å². The fraction of sp³-hybridized carbons (Fsp3) is 0.429. The van der Waals surface area contributed by atoms with Gasteiger partial charge in [0.1, 0.15) is 0 Å². The molecule has 1 aromatic carbocycles. The summed E-state index contributed by atoms with van der Waals surface area (Å²) < 4.78 is 10.1. The molecule has 20 heavy (non-hydrogen) atoms. The lowest BCUT2D eigenvalue weighted by Crippen LogP contribution is -2.18. The first kappa shape index (κ1) is 15.0. The molecule has 0 aliphatic carbocycles. The van der Waals surface area contributed by atoms with Crippen molar-refractivity contribution in [2.75, 3.05) is 13.7 Å². The summed E-state index contributed by atoms with van der Waals surface area (Å²) in [4.78, 5) is 4.29. The second kappa shape index (κ2) is 7.38. The summed E-state index contributed by atoms with van der Waals surface area (Å²) in [6.07, 6.45) is 0.659. The van der Waals surface area contributed by atoms with Gasteiger partial charge in [-0.3, -0.25) is 0 Å². The van der Waals surface area contributed by atoms with Gasteiger partial charge in [-0.1, -0.05) is 28.9 Å². The fourth-order valence-electron chi connectivity index (χ4n) is 1.77. The number of benzene rings is 1. The predicted octanol–water partition coefficient (Wildman–Crippen LogP) is 2.76. The molecule has 1 aromatic heterocycles. The number of nitrogens with zero attached hydrogens (tertiary/aromatic N) is 2. The zero-order chi connectivity index (χ0) is 14.4. The molecule has 1 N–H and O–H groups in total. The van der Waals surface area contributed by atoms with E-state index in [1.165, 1.54) is 0 Å². The Bertz CT molecular complexity index is 527. The monoisotopic (exact) mass is 295 g/mol. The van der Waals surface area contributed by atoms with Crippen molar-refractivity contribution < 1.29 is 9.26 Å². The van der Waals surface area contributed by atoms with E-state index < -0.39 is 0 Å². The van der Waals surface area contributed by atoms with E-state index in [9.17, 15) is 0 Å². The summed E-state index contributed by atoms with van der Waals surface area (Å²) in [5, 5.41) is 7.96. The van der Waals surface area contributed by atoms with Crippen molar-refractivity contribution in [2.24, 2.45) is 0 Å². The van der Waals surface area contributed by atoms with Gasteiger partial charge in [0, 0.05) is 24.6 Å². The van der Waals surface area contributed by atoms with Crippen LogP contribution in [0, 0.1) is 0 Å². The van der Waals surface area contributed by atoms with E-state index in [0.29, 0.717) is 31.3 Å². The van der Waals surface area contributed by atoms with E-state index >= 15 is 0 Å².